The smallest absolute Gasteiger partial charge is 0.238 e. The van der Waals surface area contributed by atoms with E-state index < -0.39 is 10.0 Å². The maximum atomic E-state index is 13.2. The summed E-state index contributed by atoms with van der Waals surface area (Å²) in [6.07, 6.45) is 19.9. The third-order valence-electron chi connectivity index (χ3n) is 22.3. The van der Waals surface area contributed by atoms with Gasteiger partial charge in [-0.2, -0.15) is 41.0 Å². The molecule has 4 aromatic carbocycles. The van der Waals surface area contributed by atoms with Gasteiger partial charge in [-0.05, 0) is 210 Å². The van der Waals surface area contributed by atoms with Crippen LogP contribution in [0.4, 0.5) is 51.5 Å². The van der Waals surface area contributed by atoms with Crippen molar-refractivity contribution in [2.75, 3.05) is 68.7 Å². The molecule has 4 aliphatic carbocycles. The van der Waals surface area contributed by atoms with Crippen LogP contribution in [0.2, 0.25) is 0 Å². The number of hydrogen-bond acceptors (Lipinski definition) is 25. The molecule has 0 amide bonds. The number of hydrogen-bond donors (Lipinski definition) is 12. The fourth-order valence-corrected chi connectivity index (χ4v) is 15.3. The van der Waals surface area contributed by atoms with Gasteiger partial charge in [0.1, 0.15) is 75.6 Å². The van der Waals surface area contributed by atoms with Crippen LogP contribution in [0.1, 0.15) is 193 Å². The average molecular weight is 1570 g/mol. The van der Waals surface area contributed by atoms with Crippen LogP contribution >= 0.6 is 0 Å². The zero-order chi connectivity index (χ0) is 82.2. The highest BCUT2D eigenvalue weighted by molar-refractivity contribution is 7.89. The van der Waals surface area contributed by atoms with Crippen molar-refractivity contribution in [3.05, 3.63) is 183 Å². The Balaban J connectivity index is 0.000000174. The van der Waals surface area contributed by atoms with Gasteiger partial charge in [-0.3, -0.25) is 0 Å². The first-order chi connectivity index (χ1) is 54.4. The van der Waals surface area contributed by atoms with Crippen LogP contribution < -0.4 is 47.7 Å². The number of benzene rings is 4. The van der Waals surface area contributed by atoms with E-state index in [1.807, 2.05) is 19.1 Å². The summed E-state index contributed by atoms with van der Waals surface area (Å²) in [6.45, 7) is 23.8. The fourth-order valence-electron chi connectivity index (χ4n) is 14.8. The number of aliphatic hydroxyl groups excluding tert-OH is 3. The Kier molecular flexibility index (Phi) is 31.3. The van der Waals surface area contributed by atoms with E-state index in [1.165, 1.54) is 58.9 Å². The summed E-state index contributed by atoms with van der Waals surface area (Å²) in [5.74, 6) is 4.59. The van der Waals surface area contributed by atoms with Crippen molar-refractivity contribution in [1.29, 1.82) is 21.0 Å². The van der Waals surface area contributed by atoms with Crippen LogP contribution in [0.25, 0.3) is 0 Å². The summed E-state index contributed by atoms with van der Waals surface area (Å²) in [6, 6.07) is 37.5. The second kappa shape index (κ2) is 40.8. The highest BCUT2D eigenvalue weighted by Crippen LogP contribution is 2.42. The first-order valence-corrected chi connectivity index (χ1v) is 41.1. The van der Waals surface area contributed by atoms with Crippen molar-refractivity contribution in [2.45, 2.75) is 226 Å². The zero-order valence-corrected chi connectivity index (χ0v) is 68.1. The normalized spacial score (nSPS) is 20.5. The van der Waals surface area contributed by atoms with Crippen LogP contribution in [0.5, 0.6) is 0 Å². The van der Waals surface area contributed by atoms with Gasteiger partial charge in [0, 0.05) is 50.3 Å². The summed E-state index contributed by atoms with van der Waals surface area (Å²) < 4.78 is 35.9. The van der Waals surface area contributed by atoms with Crippen molar-refractivity contribution >= 4 is 57.1 Å². The lowest BCUT2D eigenvalue weighted by Crippen LogP contribution is -2.41. The van der Waals surface area contributed by atoms with E-state index in [-0.39, 0.29) is 69.4 Å². The molecule has 0 bridgehead atoms. The van der Waals surface area contributed by atoms with Crippen molar-refractivity contribution in [2.24, 2.45) is 27.3 Å². The van der Waals surface area contributed by atoms with Crippen molar-refractivity contribution < 1.29 is 28.1 Å². The van der Waals surface area contributed by atoms with Crippen LogP contribution in [0.3, 0.4) is 0 Å². The van der Waals surface area contributed by atoms with Gasteiger partial charge in [0.05, 0.1) is 48.0 Å². The van der Waals surface area contributed by atoms with Gasteiger partial charge in [-0.15, -0.1) is 0 Å². The second-order valence-electron chi connectivity index (χ2n) is 32.6. The van der Waals surface area contributed by atoms with Crippen LogP contribution in [0, 0.1) is 94.1 Å². The monoisotopic (exact) mass is 1570 g/mol. The molecule has 4 saturated carbocycles. The SMILES string of the molecule is C[C@H]1CC[C@@H](Nc2nc(NCCc3ccc(S(N)(=O)=O)cc3)ncc2C#N)CC1(C)C.Cc1cc(F)ccc1CCNc1ncc(C#N)c(N[C@@H]2CC[C@H](O)C(C)(C)C2)n1.Cc1cccc(CCNc2ncc(C#N)c(NC3CCC(O)CC3)n2)c1.Cc1ccccc1CCNc1ncc(C#N)c(N[C@@H]2CC[C@H](O)C(C)(C)C2)n1. The van der Waals surface area contributed by atoms with Crippen molar-refractivity contribution in [3.63, 3.8) is 0 Å². The molecule has 4 aromatic heterocycles. The van der Waals surface area contributed by atoms with Crippen molar-refractivity contribution in [3.8, 4) is 24.3 Å². The molecule has 0 aliphatic heterocycles. The Hall–Kier alpha value is -10.7. The predicted molar refractivity (Wildman–Crippen MR) is 445 cm³/mol. The number of nitriles is 4. The fraction of sp³-hybridized carbons (Fsp3) is 0.488. The average Bonchev–Trinajstić information content (AvgIpc) is 0.825. The highest BCUT2D eigenvalue weighted by atomic mass is 32.2. The number of nitrogens with one attached hydrogen (secondary N) is 8. The molecule has 8 aromatic rings. The number of aliphatic hydroxyl groups is 3. The standard InChI is InChI=1S/C22H28FN5O.C22H30N6O2S.C22H29N5O.C20H25N5O/c1-14-10-17(23)5-4-15(14)8-9-25-21-26-13-16(12-24)20(28-21)27-18-6-7-19(29)22(2,3)11-18;1-15-4-7-18(12-22(15,2)3)27-20-17(13-23)14-26-21(28-20)25-11-10-16-5-8-19(9-6-16)31(24,29)30;1-15-6-4-5-7-16(15)10-11-24-21-25-14-17(13-23)20(27-21)26-18-8-9-19(28)22(2,3)12-18;1-14-3-2-4-15(11-14)9-10-22-20-23-13-16(12-21)19(25-20)24-17-5-7-18(26)8-6-17/h4-5,10,13,18-19,29H,6-9,11H2,1-3H3,(H2,25,26,27,28);5-6,8-9,14-15,18H,4,7,10-12H2,1-3H3,(H2,24,29,30)(H2,25,26,27,28);4-7,14,18-19,28H,8-12H2,1-3H3,(H2,24,25,26,27);2-4,11,13,17-18,26H,5-10H2,1H3,(H2,22,23,24,25)/t18-,19+;15-,18+;18-,19+;/m101./s1. The van der Waals surface area contributed by atoms with Crippen LogP contribution in [-0.2, 0) is 35.7 Å². The number of aryl methyl sites for hydroxylation is 3. The summed E-state index contributed by atoms with van der Waals surface area (Å²) in [4.78, 5) is 35.1. The summed E-state index contributed by atoms with van der Waals surface area (Å²) in [5, 5.41) is 99.1. The number of sulfonamides is 1. The van der Waals surface area contributed by atoms with E-state index in [0.717, 1.165) is 126 Å². The molecule has 4 aliphatic rings. The predicted octanol–water partition coefficient (Wildman–Crippen LogP) is 13.8. The molecule has 604 valence electrons. The lowest BCUT2D eigenvalue weighted by Gasteiger charge is -2.41. The third-order valence-corrected chi connectivity index (χ3v) is 23.3. The van der Waals surface area contributed by atoms with Gasteiger partial charge in [-0.25, -0.2) is 37.9 Å². The first kappa shape index (κ1) is 87.2. The number of anilines is 8. The molecule has 114 heavy (non-hydrogen) atoms. The van der Waals surface area contributed by atoms with E-state index in [0.29, 0.717) is 101 Å². The summed E-state index contributed by atoms with van der Waals surface area (Å²) in [7, 11) is -3.69. The second-order valence-corrected chi connectivity index (χ2v) is 34.1. The number of nitrogens with two attached hydrogens (primary N) is 1. The largest absolute Gasteiger partial charge is 0.393 e. The Bertz CT molecular complexity index is 4800. The minimum Gasteiger partial charge on any atom is -0.393 e. The molecule has 4 fully saturated rings. The summed E-state index contributed by atoms with van der Waals surface area (Å²) in [5.41, 5.74) is 9.66. The summed E-state index contributed by atoms with van der Waals surface area (Å²) >= 11 is 0. The number of primary sulfonamides is 1. The molecule has 0 spiro atoms. The van der Waals surface area contributed by atoms with Gasteiger partial charge in [-0.1, -0.05) is 121 Å². The van der Waals surface area contributed by atoms with E-state index in [2.05, 4.69) is 205 Å². The molecule has 12 rings (SSSR count). The lowest BCUT2D eigenvalue weighted by molar-refractivity contribution is 0.00924. The van der Waals surface area contributed by atoms with Gasteiger partial charge >= 0.3 is 0 Å². The highest BCUT2D eigenvalue weighted by Gasteiger charge is 2.38. The number of nitrogens with zero attached hydrogens (tertiary/aromatic N) is 12. The molecule has 0 unspecified atom stereocenters. The quantitative estimate of drug-likeness (QED) is 0.0253. The molecule has 0 radical (unpaired) electrons. The minimum atomic E-state index is -3.69. The van der Waals surface area contributed by atoms with Crippen LogP contribution in [0.15, 0.2) is 121 Å². The zero-order valence-electron chi connectivity index (χ0n) is 67.3. The Morgan fingerprint density at radius 2 is 0.851 bits per heavy atom. The van der Waals surface area contributed by atoms with Crippen LogP contribution in [-0.4, -0.2) is 132 Å². The van der Waals surface area contributed by atoms with Gasteiger partial charge in [0.15, 0.2) is 0 Å². The number of aromatic nitrogens is 8. The maximum absolute atomic E-state index is 13.2. The molecule has 28 heteroatoms. The lowest BCUT2D eigenvalue weighted by atomic mass is 9.68. The van der Waals surface area contributed by atoms with Gasteiger partial charge < -0.3 is 57.9 Å². The third kappa shape index (κ3) is 26.2. The van der Waals surface area contributed by atoms with E-state index in [1.54, 1.807) is 30.6 Å². The minimum absolute atomic E-state index is 0.0932. The molecule has 0 saturated heterocycles. The topological polar surface area (TPSA) is 415 Å². The molecule has 6 atom stereocenters. The van der Waals surface area contributed by atoms with Crippen molar-refractivity contribution in [1.82, 2.24) is 39.9 Å². The number of rotatable bonds is 25. The maximum Gasteiger partial charge on any atom is 0.238 e. The molecular weight excluding hydrogens is 1460 g/mol. The Morgan fingerprint density at radius 3 is 1.25 bits per heavy atom. The van der Waals surface area contributed by atoms with Gasteiger partial charge in [0.2, 0.25) is 33.8 Å². The molecule has 4 heterocycles. The van der Waals surface area contributed by atoms with E-state index >= 15 is 0 Å². The Morgan fingerprint density at radius 1 is 0.456 bits per heavy atom. The molecular formula is C86H112FN21O5S. The molecule has 26 nitrogen and oxygen atoms in total. The number of halogens is 1. The first-order valence-electron chi connectivity index (χ1n) is 39.5. The van der Waals surface area contributed by atoms with E-state index in [4.69, 9.17) is 5.14 Å². The molecule has 13 N–H and O–H groups in total. The van der Waals surface area contributed by atoms with Gasteiger partial charge in [0.25, 0.3) is 0 Å². The Labute approximate surface area is 671 Å². The van der Waals surface area contributed by atoms with E-state index in [9.17, 15) is 49.2 Å².